The van der Waals surface area contributed by atoms with E-state index < -0.39 is 5.54 Å². The number of nitrogens with one attached hydrogen (secondary N) is 1. The first kappa shape index (κ1) is 15.7. The number of halogens is 2. The molecule has 0 heterocycles. The topological polar surface area (TPSA) is 55.1 Å². The molecule has 3 nitrogen and oxygen atoms in total. The zero-order valence-corrected chi connectivity index (χ0v) is 13.9. The summed E-state index contributed by atoms with van der Waals surface area (Å²) in [6.07, 6.45) is 0. The second-order valence-corrected chi connectivity index (χ2v) is 6.53. The molecule has 1 unspecified atom stereocenters. The van der Waals surface area contributed by atoms with Crippen molar-refractivity contribution in [3.05, 3.63) is 32.7 Å². The number of carbonyl (C=O) groups is 1. The zero-order valence-electron chi connectivity index (χ0n) is 10.8. The minimum Gasteiger partial charge on any atom is -0.368 e. The average molecular weight is 378 g/mol. The highest BCUT2D eigenvalue weighted by Gasteiger charge is 2.33. The molecule has 1 aromatic carbocycles. The van der Waals surface area contributed by atoms with Gasteiger partial charge in [-0.1, -0.05) is 19.9 Å². The summed E-state index contributed by atoms with van der Waals surface area (Å²) in [6.45, 7) is 6.40. The monoisotopic (exact) mass is 376 g/mol. The van der Waals surface area contributed by atoms with Crippen molar-refractivity contribution in [2.24, 2.45) is 11.7 Å². The first-order valence-corrected chi connectivity index (χ1v) is 7.35. The molecule has 0 spiro atoms. The second kappa shape index (κ2) is 6.17. The SMILES string of the molecule is CC(C)C(C)(NCc1ccc(Br)c(Br)c1)C(N)=O. The van der Waals surface area contributed by atoms with Crippen LogP contribution in [0, 0.1) is 5.92 Å². The van der Waals surface area contributed by atoms with Gasteiger partial charge < -0.3 is 5.73 Å². The van der Waals surface area contributed by atoms with Crippen molar-refractivity contribution in [2.45, 2.75) is 32.9 Å². The van der Waals surface area contributed by atoms with Crippen molar-refractivity contribution in [3.63, 3.8) is 0 Å². The highest BCUT2D eigenvalue weighted by molar-refractivity contribution is 9.13. The van der Waals surface area contributed by atoms with Gasteiger partial charge in [0.2, 0.25) is 5.91 Å². The van der Waals surface area contributed by atoms with E-state index >= 15 is 0 Å². The molecule has 0 bridgehead atoms. The number of hydrogen-bond donors (Lipinski definition) is 2. The van der Waals surface area contributed by atoms with Crippen LogP contribution >= 0.6 is 31.9 Å². The van der Waals surface area contributed by atoms with E-state index in [1.807, 2.05) is 39.0 Å². The summed E-state index contributed by atoms with van der Waals surface area (Å²) in [6, 6.07) is 5.99. The van der Waals surface area contributed by atoms with Crippen LogP contribution in [0.25, 0.3) is 0 Å². The maximum atomic E-state index is 11.5. The Balaban J connectivity index is 2.80. The van der Waals surface area contributed by atoms with Gasteiger partial charge in [0, 0.05) is 15.5 Å². The quantitative estimate of drug-likeness (QED) is 0.827. The molecule has 18 heavy (non-hydrogen) atoms. The molecular weight excluding hydrogens is 360 g/mol. The van der Waals surface area contributed by atoms with E-state index in [2.05, 4.69) is 37.2 Å². The molecule has 1 rings (SSSR count). The van der Waals surface area contributed by atoms with Crippen LogP contribution in [0.5, 0.6) is 0 Å². The molecule has 0 aliphatic carbocycles. The van der Waals surface area contributed by atoms with Crippen LogP contribution in [0.2, 0.25) is 0 Å². The molecule has 100 valence electrons. The maximum Gasteiger partial charge on any atom is 0.237 e. The number of benzene rings is 1. The summed E-state index contributed by atoms with van der Waals surface area (Å²) in [7, 11) is 0. The van der Waals surface area contributed by atoms with Gasteiger partial charge in [0.05, 0.1) is 5.54 Å². The molecule has 1 amide bonds. The maximum absolute atomic E-state index is 11.5. The number of nitrogens with two attached hydrogens (primary N) is 1. The Hall–Kier alpha value is -0.390. The smallest absolute Gasteiger partial charge is 0.237 e. The number of primary amides is 1. The van der Waals surface area contributed by atoms with Crippen LogP contribution in [0.4, 0.5) is 0 Å². The van der Waals surface area contributed by atoms with Crippen LogP contribution in [0.1, 0.15) is 26.3 Å². The standard InChI is InChI=1S/C13H18Br2N2O/c1-8(2)13(3,12(16)18)17-7-9-4-5-10(14)11(15)6-9/h4-6,8,17H,7H2,1-3H3,(H2,16,18). The Morgan fingerprint density at radius 2 is 2.00 bits per heavy atom. The summed E-state index contributed by atoms with van der Waals surface area (Å²) in [5.41, 5.74) is 5.87. The fraction of sp³-hybridized carbons (Fsp3) is 0.462. The first-order valence-electron chi connectivity index (χ1n) is 5.76. The summed E-state index contributed by atoms with van der Waals surface area (Å²) >= 11 is 6.88. The normalized spacial score (nSPS) is 14.6. The van der Waals surface area contributed by atoms with Crippen LogP contribution in [-0.4, -0.2) is 11.4 Å². The number of amides is 1. The molecule has 0 fully saturated rings. The van der Waals surface area contributed by atoms with Gasteiger partial charge in [0.15, 0.2) is 0 Å². The molecule has 0 aliphatic rings. The van der Waals surface area contributed by atoms with Crippen molar-refractivity contribution < 1.29 is 4.79 Å². The van der Waals surface area contributed by atoms with E-state index in [-0.39, 0.29) is 11.8 Å². The fourth-order valence-corrected chi connectivity index (χ4v) is 2.18. The lowest BCUT2D eigenvalue weighted by molar-refractivity contribution is -0.125. The minimum atomic E-state index is -0.695. The molecule has 0 saturated heterocycles. The molecule has 1 atom stereocenters. The van der Waals surface area contributed by atoms with Gasteiger partial charge in [0.25, 0.3) is 0 Å². The third kappa shape index (κ3) is 3.56. The van der Waals surface area contributed by atoms with Gasteiger partial charge in [-0.25, -0.2) is 0 Å². The summed E-state index contributed by atoms with van der Waals surface area (Å²) < 4.78 is 2.00. The lowest BCUT2D eigenvalue weighted by Crippen LogP contribution is -2.56. The highest BCUT2D eigenvalue weighted by Crippen LogP contribution is 2.24. The van der Waals surface area contributed by atoms with Gasteiger partial charge >= 0.3 is 0 Å². The van der Waals surface area contributed by atoms with E-state index in [4.69, 9.17) is 5.73 Å². The third-order valence-electron chi connectivity index (χ3n) is 3.31. The summed E-state index contributed by atoms with van der Waals surface area (Å²) in [5, 5.41) is 3.25. The lowest BCUT2D eigenvalue weighted by atomic mass is 9.87. The Morgan fingerprint density at radius 3 is 2.44 bits per heavy atom. The van der Waals surface area contributed by atoms with Crippen LogP contribution < -0.4 is 11.1 Å². The third-order valence-corrected chi connectivity index (χ3v) is 5.19. The summed E-state index contributed by atoms with van der Waals surface area (Å²) in [5.74, 6) is -0.192. The van der Waals surface area contributed by atoms with Crippen molar-refractivity contribution in [1.29, 1.82) is 0 Å². The Labute approximate surface area is 125 Å². The number of hydrogen-bond acceptors (Lipinski definition) is 2. The molecule has 0 radical (unpaired) electrons. The Kier molecular flexibility index (Phi) is 5.37. The minimum absolute atomic E-state index is 0.133. The molecule has 1 aromatic rings. The van der Waals surface area contributed by atoms with Gasteiger partial charge in [-0.05, 0) is 62.4 Å². The second-order valence-electron chi connectivity index (χ2n) is 4.82. The van der Waals surface area contributed by atoms with E-state index in [0.29, 0.717) is 6.54 Å². The van der Waals surface area contributed by atoms with Gasteiger partial charge in [-0.3, -0.25) is 10.1 Å². The van der Waals surface area contributed by atoms with Gasteiger partial charge in [-0.2, -0.15) is 0 Å². The van der Waals surface area contributed by atoms with Gasteiger partial charge in [-0.15, -0.1) is 0 Å². The molecule has 0 aliphatic heterocycles. The zero-order chi connectivity index (χ0) is 13.9. The number of rotatable bonds is 5. The molecule has 0 aromatic heterocycles. The van der Waals surface area contributed by atoms with Crippen LogP contribution in [-0.2, 0) is 11.3 Å². The molecule has 3 N–H and O–H groups in total. The van der Waals surface area contributed by atoms with Crippen molar-refractivity contribution in [1.82, 2.24) is 5.32 Å². The highest BCUT2D eigenvalue weighted by atomic mass is 79.9. The van der Waals surface area contributed by atoms with E-state index in [1.165, 1.54) is 0 Å². The first-order chi connectivity index (χ1) is 8.27. The van der Waals surface area contributed by atoms with Crippen molar-refractivity contribution in [3.8, 4) is 0 Å². The number of carbonyl (C=O) groups excluding carboxylic acids is 1. The molecule has 5 heteroatoms. The predicted molar refractivity (Wildman–Crippen MR) is 81.1 cm³/mol. The summed E-state index contributed by atoms with van der Waals surface area (Å²) in [4.78, 5) is 11.5. The fourth-order valence-electron chi connectivity index (χ4n) is 1.51. The van der Waals surface area contributed by atoms with Gasteiger partial charge in [0.1, 0.15) is 0 Å². The van der Waals surface area contributed by atoms with E-state index in [1.54, 1.807) is 0 Å². The van der Waals surface area contributed by atoms with Crippen LogP contribution in [0.3, 0.4) is 0 Å². The van der Waals surface area contributed by atoms with Crippen LogP contribution in [0.15, 0.2) is 27.1 Å². The van der Waals surface area contributed by atoms with E-state index in [0.717, 1.165) is 14.5 Å². The largest absolute Gasteiger partial charge is 0.368 e. The lowest BCUT2D eigenvalue weighted by Gasteiger charge is -2.31. The van der Waals surface area contributed by atoms with Crippen molar-refractivity contribution in [2.75, 3.05) is 0 Å². The molecular formula is C13H18Br2N2O. The average Bonchev–Trinajstić information content (AvgIpc) is 2.29. The molecule has 0 saturated carbocycles. The Bertz CT molecular complexity index is 449. The van der Waals surface area contributed by atoms with E-state index in [9.17, 15) is 4.79 Å². The Morgan fingerprint density at radius 1 is 1.39 bits per heavy atom. The van der Waals surface area contributed by atoms with Crippen molar-refractivity contribution >= 4 is 37.8 Å². The predicted octanol–water partition coefficient (Wildman–Crippen LogP) is 3.20.